The standard InChI is InChI=1S/C21H28N4O5/c1-5-6-12-30-16-13-15(17(25(28)29)19(22)23-16)24(20(26)27)18(21(2,3)4)14-10-8-7-9-11-14/h7-11,13,18H,5-6,12H2,1-4H3,(H2,22,23)(H,26,27). The van der Waals surface area contributed by atoms with Crippen molar-refractivity contribution in [3.05, 3.63) is 52.1 Å². The fraction of sp³-hybridized carbons (Fsp3) is 0.429. The van der Waals surface area contributed by atoms with Gasteiger partial charge in [0.15, 0.2) is 0 Å². The fourth-order valence-corrected chi connectivity index (χ4v) is 3.31. The van der Waals surface area contributed by atoms with Gasteiger partial charge < -0.3 is 15.6 Å². The summed E-state index contributed by atoms with van der Waals surface area (Å²) in [4.78, 5) is 28.4. The van der Waals surface area contributed by atoms with Crippen LogP contribution in [0, 0.1) is 15.5 Å². The van der Waals surface area contributed by atoms with Gasteiger partial charge in [-0.15, -0.1) is 0 Å². The van der Waals surface area contributed by atoms with Gasteiger partial charge in [0.05, 0.1) is 17.6 Å². The predicted octanol–water partition coefficient (Wildman–Crippen LogP) is 5.02. The Morgan fingerprint density at radius 1 is 1.33 bits per heavy atom. The predicted molar refractivity (Wildman–Crippen MR) is 115 cm³/mol. The van der Waals surface area contributed by atoms with Crippen LogP contribution in [0.25, 0.3) is 0 Å². The van der Waals surface area contributed by atoms with E-state index >= 15 is 0 Å². The lowest BCUT2D eigenvalue weighted by atomic mass is 9.81. The van der Waals surface area contributed by atoms with E-state index in [1.807, 2.05) is 33.8 Å². The minimum absolute atomic E-state index is 0.0496. The minimum Gasteiger partial charge on any atom is -0.478 e. The van der Waals surface area contributed by atoms with Crippen molar-refractivity contribution in [2.45, 2.75) is 46.6 Å². The number of carbonyl (C=O) groups is 1. The average Bonchev–Trinajstić information content (AvgIpc) is 2.64. The Bertz CT molecular complexity index is 896. The molecule has 1 aromatic heterocycles. The molecule has 0 radical (unpaired) electrons. The van der Waals surface area contributed by atoms with Gasteiger partial charge in [0.1, 0.15) is 5.69 Å². The lowest BCUT2D eigenvalue weighted by Gasteiger charge is -2.38. The zero-order valence-corrected chi connectivity index (χ0v) is 17.7. The first-order valence-corrected chi connectivity index (χ1v) is 9.72. The Morgan fingerprint density at radius 2 is 1.97 bits per heavy atom. The molecular formula is C21H28N4O5. The summed E-state index contributed by atoms with van der Waals surface area (Å²) in [6.45, 7) is 7.95. The number of nitrogens with two attached hydrogens (primary N) is 1. The SMILES string of the molecule is CCCCOc1cc(N(C(=O)O)C(c2ccccc2)C(C)(C)C)c([N+](=O)[O-])c(N)n1. The third-order valence-electron chi connectivity index (χ3n) is 4.57. The van der Waals surface area contributed by atoms with E-state index in [0.717, 1.165) is 17.7 Å². The van der Waals surface area contributed by atoms with Crippen molar-refractivity contribution < 1.29 is 19.6 Å². The van der Waals surface area contributed by atoms with Gasteiger partial charge in [-0.2, -0.15) is 4.98 Å². The summed E-state index contributed by atoms with van der Waals surface area (Å²) in [5.41, 5.74) is 5.24. The lowest BCUT2D eigenvalue weighted by Crippen LogP contribution is -2.41. The van der Waals surface area contributed by atoms with Crippen LogP contribution >= 0.6 is 0 Å². The van der Waals surface area contributed by atoms with Crippen LogP contribution in [0.1, 0.15) is 52.1 Å². The fourth-order valence-electron chi connectivity index (χ4n) is 3.31. The van der Waals surface area contributed by atoms with E-state index in [4.69, 9.17) is 10.5 Å². The Morgan fingerprint density at radius 3 is 2.47 bits per heavy atom. The van der Waals surface area contributed by atoms with Crippen molar-refractivity contribution in [2.24, 2.45) is 5.41 Å². The van der Waals surface area contributed by atoms with E-state index in [1.165, 1.54) is 6.07 Å². The molecule has 162 valence electrons. The molecule has 1 aromatic carbocycles. The van der Waals surface area contributed by atoms with Gasteiger partial charge in [-0.05, 0) is 17.4 Å². The summed E-state index contributed by atoms with van der Waals surface area (Å²) in [7, 11) is 0. The molecule has 9 nitrogen and oxygen atoms in total. The van der Waals surface area contributed by atoms with E-state index in [-0.39, 0.29) is 11.6 Å². The van der Waals surface area contributed by atoms with Gasteiger partial charge in [-0.3, -0.25) is 15.0 Å². The maximum atomic E-state index is 12.4. The summed E-state index contributed by atoms with van der Waals surface area (Å²) in [6.07, 6.45) is 0.300. The van der Waals surface area contributed by atoms with Crippen LogP contribution in [0.3, 0.4) is 0 Å². The highest BCUT2D eigenvalue weighted by Crippen LogP contribution is 2.45. The van der Waals surface area contributed by atoms with Gasteiger partial charge in [-0.1, -0.05) is 64.4 Å². The molecule has 2 aromatic rings. The number of nitrogen functional groups attached to an aromatic ring is 1. The van der Waals surface area contributed by atoms with Gasteiger partial charge in [-0.25, -0.2) is 4.79 Å². The summed E-state index contributed by atoms with van der Waals surface area (Å²) in [5.74, 6) is -0.343. The van der Waals surface area contributed by atoms with E-state index in [0.29, 0.717) is 12.2 Å². The molecule has 0 aliphatic heterocycles. The van der Waals surface area contributed by atoms with Crippen LogP contribution < -0.4 is 15.4 Å². The van der Waals surface area contributed by atoms with Crippen molar-refractivity contribution in [2.75, 3.05) is 17.2 Å². The van der Waals surface area contributed by atoms with Crippen molar-refractivity contribution in [3.8, 4) is 5.88 Å². The zero-order valence-electron chi connectivity index (χ0n) is 17.7. The quantitative estimate of drug-likeness (QED) is 0.351. The summed E-state index contributed by atoms with van der Waals surface area (Å²) in [6, 6.07) is 9.55. The molecule has 1 atom stereocenters. The third-order valence-corrected chi connectivity index (χ3v) is 4.57. The Labute approximate surface area is 175 Å². The monoisotopic (exact) mass is 416 g/mol. The van der Waals surface area contributed by atoms with Crippen LogP contribution in [-0.2, 0) is 0 Å². The number of benzene rings is 1. The second kappa shape index (κ2) is 9.43. The number of anilines is 2. The molecule has 30 heavy (non-hydrogen) atoms. The number of pyridine rings is 1. The second-order valence-electron chi connectivity index (χ2n) is 8.00. The molecular weight excluding hydrogens is 388 g/mol. The number of nitro groups is 1. The maximum absolute atomic E-state index is 12.4. The Balaban J connectivity index is 2.72. The number of carboxylic acid groups (broad SMARTS) is 1. The molecule has 0 fully saturated rings. The molecule has 0 saturated heterocycles. The van der Waals surface area contributed by atoms with E-state index in [1.54, 1.807) is 24.3 Å². The van der Waals surface area contributed by atoms with E-state index in [9.17, 15) is 20.0 Å². The van der Waals surface area contributed by atoms with Crippen molar-refractivity contribution in [3.63, 3.8) is 0 Å². The molecule has 1 amide bonds. The number of hydrogen-bond acceptors (Lipinski definition) is 6. The highest BCUT2D eigenvalue weighted by atomic mass is 16.6. The second-order valence-corrected chi connectivity index (χ2v) is 8.00. The normalized spacial score (nSPS) is 12.3. The topological polar surface area (TPSA) is 132 Å². The molecule has 1 unspecified atom stereocenters. The molecule has 0 spiro atoms. The van der Waals surface area contributed by atoms with Crippen LogP contribution in [0.5, 0.6) is 5.88 Å². The molecule has 9 heteroatoms. The molecule has 3 N–H and O–H groups in total. The summed E-state index contributed by atoms with van der Waals surface area (Å²) >= 11 is 0. The number of amides is 1. The first-order chi connectivity index (χ1) is 14.1. The first-order valence-electron chi connectivity index (χ1n) is 9.72. The number of hydrogen-bond donors (Lipinski definition) is 2. The van der Waals surface area contributed by atoms with Crippen molar-refractivity contribution in [1.82, 2.24) is 4.98 Å². The Hall–Kier alpha value is -3.36. The van der Waals surface area contributed by atoms with Crippen LogP contribution in [-0.4, -0.2) is 27.7 Å². The Kier molecular flexibility index (Phi) is 7.20. The number of unbranched alkanes of at least 4 members (excludes halogenated alkanes) is 1. The summed E-state index contributed by atoms with van der Waals surface area (Å²) in [5, 5.41) is 21.9. The highest BCUT2D eigenvalue weighted by molar-refractivity contribution is 5.92. The molecule has 0 bridgehead atoms. The number of rotatable bonds is 8. The third kappa shape index (κ3) is 5.16. The van der Waals surface area contributed by atoms with Gasteiger partial charge in [0, 0.05) is 6.07 Å². The molecule has 2 rings (SSSR count). The van der Waals surface area contributed by atoms with Gasteiger partial charge in [0.25, 0.3) is 0 Å². The summed E-state index contributed by atoms with van der Waals surface area (Å²) < 4.78 is 5.57. The van der Waals surface area contributed by atoms with Crippen LogP contribution in [0.4, 0.5) is 22.0 Å². The van der Waals surface area contributed by atoms with Crippen molar-refractivity contribution in [1.29, 1.82) is 0 Å². The highest BCUT2D eigenvalue weighted by Gasteiger charge is 2.40. The maximum Gasteiger partial charge on any atom is 0.412 e. The van der Waals surface area contributed by atoms with Crippen molar-refractivity contribution >= 4 is 23.3 Å². The molecule has 1 heterocycles. The number of ether oxygens (including phenoxy) is 1. The van der Waals surface area contributed by atoms with Crippen LogP contribution in [0.15, 0.2) is 36.4 Å². The first kappa shape index (κ1) is 22.9. The van der Waals surface area contributed by atoms with Crippen LogP contribution in [0.2, 0.25) is 0 Å². The molecule has 0 saturated carbocycles. The molecule has 0 aliphatic rings. The minimum atomic E-state index is -1.34. The largest absolute Gasteiger partial charge is 0.478 e. The average molecular weight is 416 g/mol. The number of nitrogens with zero attached hydrogens (tertiary/aromatic N) is 3. The smallest absolute Gasteiger partial charge is 0.412 e. The number of aromatic nitrogens is 1. The van der Waals surface area contributed by atoms with E-state index in [2.05, 4.69) is 4.98 Å². The van der Waals surface area contributed by atoms with Gasteiger partial charge in [0.2, 0.25) is 11.7 Å². The molecule has 0 aliphatic carbocycles. The van der Waals surface area contributed by atoms with E-state index < -0.39 is 34.0 Å². The van der Waals surface area contributed by atoms with Gasteiger partial charge >= 0.3 is 11.8 Å². The zero-order chi connectivity index (χ0) is 22.5. The lowest BCUT2D eigenvalue weighted by molar-refractivity contribution is -0.383.